The third-order valence-electron chi connectivity index (χ3n) is 3.64. The largest absolute Gasteiger partial charge is 0.370 e. The number of nitrogens with two attached hydrogens (primary N) is 1. The number of rotatable bonds is 3. The van der Waals surface area contributed by atoms with Gasteiger partial charge in [-0.2, -0.15) is 0 Å². The minimum atomic E-state index is -0.0952. The topological polar surface area (TPSA) is 41.6 Å². The van der Waals surface area contributed by atoms with Crippen molar-refractivity contribution >= 4 is 5.96 Å². The van der Waals surface area contributed by atoms with Crippen molar-refractivity contribution in [3.63, 3.8) is 0 Å². The molecule has 0 bridgehead atoms. The monoisotopic (exact) mass is 245 g/mol. The highest BCUT2D eigenvalue weighted by atomic mass is 15.4. The summed E-state index contributed by atoms with van der Waals surface area (Å²) in [4.78, 5) is 6.68. The van der Waals surface area contributed by atoms with Crippen molar-refractivity contribution in [2.24, 2.45) is 16.6 Å². The molecular formula is C15H23N3. The van der Waals surface area contributed by atoms with E-state index in [4.69, 9.17) is 5.73 Å². The van der Waals surface area contributed by atoms with E-state index in [2.05, 4.69) is 61.9 Å². The van der Waals surface area contributed by atoms with Crippen molar-refractivity contribution in [1.29, 1.82) is 0 Å². The van der Waals surface area contributed by atoms with E-state index in [1.165, 1.54) is 11.1 Å². The van der Waals surface area contributed by atoms with E-state index in [1.54, 1.807) is 0 Å². The lowest BCUT2D eigenvalue weighted by atomic mass is 9.90. The van der Waals surface area contributed by atoms with E-state index in [0.29, 0.717) is 11.9 Å². The predicted octanol–water partition coefficient (Wildman–Crippen LogP) is 2.50. The molecule has 0 aromatic heterocycles. The van der Waals surface area contributed by atoms with Crippen LogP contribution in [-0.2, 0) is 5.54 Å². The Morgan fingerprint density at radius 2 is 1.94 bits per heavy atom. The van der Waals surface area contributed by atoms with Gasteiger partial charge >= 0.3 is 0 Å². The van der Waals surface area contributed by atoms with E-state index >= 15 is 0 Å². The van der Waals surface area contributed by atoms with Crippen LogP contribution >= 0.6 is 0 Å². The highest BCUT2D eigenvalue weighted by Crippen LogP contribution is 2.33. The number of aliphatic imine (C=N–C) groups is 1. The van der Waals surface area contributed by atoms with Gasteiger partial charge in [-0.3, -0.25) is 4.99 Å². The Hall–Kier alpha value is -1.51. The van der Waals surface area contributed by atoms with Crippen LogP contribution in [-0.4, -0.2) is 23.9 Å². The van der Waals surface area contributed by atoms with E-state index in [-0.39, 0.29) is 5.54 Å². The van der Waals surface area contributed by atoms with E-state index < -0.39 is 0 Å². The smallest absolute Gasteiger partial charge is 0.192 e. The quantitative estimate of drug-likeness (QED) is 0.889. The molecule has 18 heavy (non-hydrogen) atoms. The summed E-state index contributed by atoms with van der Waals surface area (Å²) in [6, 6.07) is 8.69. The van der Waals surface area contributed by atoms with Crippen LogP contribution in [0.3, 0.4) is 0 Å². The molecule has 0 amide bonds. The van der Waals surface area contributed by atoms with E-state index in [0.717, 1.165) is 13.1 Å². The Morgan fingerprint density at radius 1 is 1.33 bits per heavy atom. The van der Waals surface area contributed by atoms with Gasteiger partial charge in [0.1, 0.15) is 0 Å². The molecule has 1 aliphatic heterocycles. The predicted molar refractivity (Wildman–Crippen MR) is 76.6 cm³/mol. The maximum atomic E-state index is 6.05. The summed E-state index contributed by atoms with van der Waals surface area (Å²) < 4.78 is 0. The number of aryl methyl sites for hydroxylation is 1. The molecule has 1 aliphatic rings. The Kier molecular flexibility index (Phi) is 3.33. The first kappa shape index (κ1) is 12.9. The average Bonchev–Trinajstić information content (AvgIpc) is 2.59. The van der Waals surface area contributed by atoms with Crippen LogP contribution < -0.4 is 5.73 Å². The van der Waals surface area contributed by atoms with Gasteiger partial charge in [0.2, 0.25) is 0 Å². The third kappa shape index (κ3) is 2.22. The summed E-state index contributed by atoms with van der Waals surface area (Å²) in [7, 11) is 0. The zero-order chi connectivity index (χ0) is 13.3. The van der Waals surface area contributed by atoms with Gasteiger partial charge in [0, 0.05) is 6.54 Å². The van der Waals surface area contributed by atoms with Crippen LogP contribution in [0.25, 0.3) is 0 Å². The highest BCUT2D eigenvalue weighted by molar-refractivity contribution is 5.81. The van der Waals surface area contributed by atoms with Crippen molar-refractivity contribution in [1.82, 2.24) is 4.90 Å². The highest BCUT2D eigenvalue weighted by Gasteiger charge is 2.39. The van der Waals surface area contributed by atoms with Gasteiger partial charge in [0.05, 0.1) is 12.1 Å². The van der Waals surface area contributed by atoms with Gasteiger partial charge in [-0.1, -0.05) is 43.7 Å². The zero-order valence-corrected chi connectivity index (χ0v) is 11.8. The molecule has 3 heteroatoms. The van der Waals surface area contributed by atoms with Crippen LogP contribution in [0, 0.1) is 12.8 Å². The Bertz CT molecular complexity index is 447. The second-order valence-corrected chi connectivity index (χ2v) is 5.82. The van der Waals surface area contributed by atoms with Gasteiger partial charge in [-0.15, -0.1) is 0 Å². The molecule has 0 radical (unpaired) electrons. The second kappa shape index (κ2) is 4.63. The fourth-order valence-corrected chi connectivity index (χ4v) is 2.48. The molecular weight excluding hydrogens is 222 g/mol. The molecule has 1 aromatic carbocycles. The molecule has 1 atom stereocenters. The van der Waals surface area contributed by atoms with Gasteiger partial charge in [0.15, 0.2) is 5.96 Å². The van der Waals surface area contributed by atoms with Crippen molar-refractivity contribution in [2.45, 2.75) is 33.2 Å². The summed E-state index contributed by atoms with van der Waals surface area (Å²) >= 11 is 0. The van der Waals surface area contributed by atoms with Gasteiger partial charge in [-0.25, -0.2) is 0 Å². The molecule has 0 fully saturated rings. The number of hydrogen-bond donors (Lipinski definition) is 1. The normalized spacial score (nSPS) is 23.6. The molecule has 1 heterocycles. The molecule has 98 valence electrons. The SMILES string of the molecule is Cc1ccc(C2(C)CN=C(N)N2CC(C)C)cc1. The first-order chi connectivity index (χ1) is 8.43. The van der Waals surface area contributed by atoms with E-state index in [1.807, 2.05) is 0 Å². The minimum Gasteiger partial charge on any atom is -0.370 e. The summed E-state index contributed by atoms with van der Waals surface area (Å²) in [6.07, 6.45) is 0. The fraction of sp³-hybridized carbons (Fsp3) is 0.533. The molecule has 0 aliphatic carbocycles. The number of hydrogen-bond acceptors (Lipinski definition) is 3. The third-order valence-corrected chi connectivity index (χ3v) is 3.64. The van der Waals surface area contributed by atoms with Crippen LogP contribution in [0.1, 0.15) is 31.9 Å². The maximum absolute atomic E-state index is 6.05. The van der Waals surface area contributed by atoms with Crippen LogP contribution in [0.15, 0.2) is 29.3 Å². The van der Waals surface area contributed by atoms with Crippen molar-refractivity contribution in [2.75, 3.05) is 13.1 Å². The van der Waals surface area contributed by atoms with Crippen molar-refractivity contribution in [3.8, 4) is 0 Å². The van der Waals surface area contributed by atoms with Crippen molar-refractivity contribution in [3.05, 3.63) is 35.4 Å². The summed E-state index contributed by atoms with van der Waals surface area (Å²) in [5.74, 6) is 1.24. The molecule has 0 saturated heterocycles. The van der Waals surface area contributed by atoms with Crippen LogP contribution in [0.4, 0.5) is 0 Å². The molecule has 1 unspecified atom stereocenters. The van der Waals surface area contributed by atoms with Crippen molar-refractivity contribution < 1.29 is 0 Å². The molecule has 2 N–H and O–H groups in total. The summed E-state index contributed by atoms with van der Waals surface area (Å²) in [5.41, 5.74) is 8.52. The molecule has 0 spiro atoms. The summed E-state index contributed by atoms with van der Waals surface area (Å²) in [5, 5.41) is 0. The fourth-order valence-electron chi connectivity index (χ4n) is 2.48. The lowest BCUT2D eigenvalue weighted by Crippen LogP contribution is -2.48. The van der Waals surface area contributed by atoms with Crippen LogP contribution in [0.5, 0.6) is 0 Å². The number of benzene rings is 1. The Balaban J connectivity index is 2.32. The standard InChI is InChI=1S/C15H23N3/c1-11(2)9-18-14(16)17-10-15(18,4)13-7-5-12(3)6-8-13/h5-8,11H,9-10H2,1-4H3,(H2,16,17). The van der Waals surface area contributed by atoms with E-state index in [9.17, 15) is 0 Å². The maximum Gasteiger partial charge on any atom is 0.192 e. The Labute approximate surface area is 110 Å². The number of nitrogens with zero attached hydrogens (tertiary/aromatic N) is 2. The second-order valence-electron chi connectivity index (χ2n) is 5.82. The van der Waals surface area contributed by atoms with Gasteiger partial charge < -0.3 is 10.6 Å². The molecule has 0 saturated carbocycles. The molecule has 3 nitrogen and oxygen atoms in total. The van der Waals surface area contributed by atoms with Crippen LogP contribution in [0.2, 0.25) is 0 Å². The first-order valence-corrected chi connectivity index (χ1v) is 6.58. The first-order valence-electron chi connectivity index (χ1n) is 6.58. The van der Waals surface area contributed by atoms with Gasteiger partial charge in [0.25, 0.3) is 0 Å². The lowest BCUT2D eigenvalue weighted by molar-refractivity contribution is 0.204. The lowest BCUT2D eigenvalue weighted by Gasteiger charge is -2.37. The molecule has 2 rings (SSSR count). The number of guanidine groups is 1. The average molecular weight is 245 g/mol. The van der Waals surface area contributed by atoms with Gasteiger partial charge in [-0.05, 0) is 25.3 Å². The minimum absolute atomic E-state index is 0.0952. The Morgan fingerprint density at radius 3 is 2.50 bits per heavy atom. The zero-order valence-electron chi connectivity index (χ0n) is 11.8. The molecule has 1 aromatic rings. The summed E-state index contributed by atoms with van der Waals surface area (Å²) in [6.45, 7) is 10.4.